The van der Waals surface area contributed by atoms with Crippen molar-refractivity contribution in [3.63, 3.8) is 0 Å². The second-order valence-corrected chi connectivity index (χ2v) is 5.17. The van der Waals surface area contributed by atoms with Crippen molar-refractivity contribution in [2.75, 3.05) is 6.61 Å². The molecule has 0 saturated heterocycles. The van der Waals surface area contributed by atoms with Gasteiger partial charge in [0.1, 0.15) is 0 Å². The van der Waals surface area contributed by atoms with Crippen molar-refractivity contribution in [2.24, 2.45) is 0 Å². The van der Waals surface area contributed by atoms with Crippen LogP contribution in [0.15, 0.2) is 28.7 Å². The van der Waals surface area contributed by atoms with Gasteiger partial charge in [-0.1, -0.05) is 22.0 Å². The summed E-state index contributed by atoms with van der Waals surface area (Å²) < 4.78 is 0.881. The van der Waals surface area contributed by atoms with Crippen molar-refractivity contribution < 1.29 is 9.90 Å². The smallest absolute Gasteiger partial charge is 0.251 e. The molecular weight excluding hydrogens is 270 g/mol. The number of hydrogen-bond donors (Lipinski definition) is 2. The number of halogens is 1. The molecule has 1 amide bonds. The lowest BCUT2D eigenvalue weighted by molar-refractivity contribution is 0.0641. The summed E-state index contributed by atoms with van der Waals surface area (Å²) in [4.78, 5) is 11.9. The van der Waals surface area contributed by atoms with E-state index in [1.54, 1.807) is 12.1 Å². The fourth-order valence-electron chi connectivity index (χ4n) is 1.87. The van der Waals surface area contributed by atoms with Crippen LogP contribution in [0.2, 0.25) is 0 Å². The fourth-order valence-corrected chi connectivity index (χ4v) is 2.27. The van der Waals surface area contributed by atoms with E-state index in [0.717, 1.165) is 23.7 Å². The highest BCUT2D eigenvalue weighted by Gasteiger charge is 2.37. The van der Waals surface area contributed by atoms with Crippen LogP contribution in [0.4, 0.5) is 0 Å². The second kappa shape index (κ2) is 4.55. The van der Waals surface area contributed by atoms with Crippen LogP contribution in [-0.4, -0.2) is 23.2 Å². The van der Waals surface area contributed by atoms with E-state index in [9.17, 15) is 9.90 Å². The first-order valence-corrected chi connectivity index (χ1v) is 6.13. The first-order valence-electron chi connectivity index (χ1n) is 5.34. The standard InChI is InChI=1S/C12H14BrNO2/c13-10-4-1-3-9(7-10)11(16)14-12(8-15)5-2-6-12/h1,3-4,7,15H,2,5-6,8H2,(H,14,16). The summed E-state index contributed by atoms with van der Waals surface area (Å²) in [5, 5.41) is 12.2. The number of carbonyl (C=O) groups excluding carboxylic acids is 1. The Kier molecular flexibility index (Phi) is 3.30. The lowest BCUT2D eigenvalue weighted by atomic mass is 9.77. The molecule has 2 N–H and O–H groups in total. The molecule has 1 saturated carbocycles. The Labute approximate surface area is 103 Å². The van der Waals surface area contributed by atoms with Crippen LogP contribution in [0.25, 0.3) is 0 Å². The van der Waals surface area contributed by atoms with Gasteiger partial charge in [-0.3, -0.25) is 4.79 Å². The molecule has 0 aromatic heterocycles. The number of carbonyl (C=O) groups is 1. The number of aliphatic hydroxyl groups excluding tert-OH is 1. The molecule has 1 aliphatic rings. The maximum atomic E-state index is 11.9. The Bertz CT molecular complexity index is 396. The third-order valence-electron chi connectivity index (χ3n) is 3.08. The second-order valence-electron chi connectivity index (χ2n) is 4.26. The van der Waals surface area contributed by atoms with E-state index >= 15 is 0 Å². The number of rotatable bonds is 3. The highest BCUT2D eigenvalue weighted by atomic mass is 79.9. The molecule has 2 rings (SSSR count). The topological polar surface area (TPSA) is 49.3 Å². The van der Waals surface area contributed by atoms with Gasteiger partial charge in [0.25, 0.3) is 5.91 Å². The van der Waals surface area contributed by atoms with Gasteiger partial charge in [0, 0.05) is 10.0 Å². The summed E-state index contributed by atoms with van der Waals surface area (Å²) in [5.41, 5.74) is 0.244. The average molecular weight is 284 g/mol. The Hall–Kier alpha value is -0.870. The zero-order valence-electron chi connectivity index (χ0n) is 8.87. The summed E-state index contributed by atoms with van der Waals surface area (Å²) in [6.45, 7) is 0.0206. The molecule has 16 heavy (non-hydrogen) atoms. The quantitative estimate of drug-likeness (QED) is 0.893. The van der Waals surface area contributed by atoms with Crippen LogP contribution in [0.3, 0.4) is 0 Å². The van der Waals surface area contributed by atoms with Crippen molar-refractivity contribution in [1.29, 1.82) is 0 Å². The molecule has 0 heterocycles. The maximum Gasteiger partial charge on any atom is 0.251 e. The van der Waals surface area contributed by atoms with E-state index in [1.165, 1.54) is 0 Å². The Morgan fingerprint density at radius 1 is 1.50 bits per heavy atom. The molecule has 0 radical (unpaired) electrons. The van der Waals surface area contributed by atoms with Gasteiger partial charge in [0.15, 0.2) is 0 Å². The van der Waals surface area contributed by atoms with Gasteiger partial charge in [-0.05, 0) is 37.5 Å². The number of hydrogen-bond acceptors (Lipinski definition) is 2. The Morgan fingerprint density at radius 3 is 2.75 bits per heavy atom. The number of benzene rings is 1. The number of aliphatic hydroxyl groups is 1. The van der Waals surface area contributed by atoms with Gasteiger partial charge in [-0.2, -0.15) is 0 Å². The minimum atomic E-state index is -0.376. The third kappa shape index (κ3) is 2.28. The van der Waals surface area contributed by atoms with Crippen molar-refractivity contribution in [3.05, 3.63) is 34.3 Å². The molecule has 1 aromatic carbocycles. The molecule has 1 aliphatic carbocycles. The predicted octanol–water partition coefficient (Wildman–Crippen LogP) is 2.09. The lowest BCUT2D eigenvalue weighted by Crippen LogP contribution is -2.56. The lowest BCUT2D eigenvalue weighted by Gasteiger charge is -2.40. The van der Waals surface area contributed by atoms with Gasteiger partial charge < -0.3 is 10.4 Å². The van der Waals surface area contributed by atoms with Gasteiger partial charge in [0.2, 0.25) is 0 Å². The highest BCUT2D eigenvalue weighted by Crippen LogP contribution is 2.31. The maximum absolute atomic E-state index is 11.9. The van der Waals surface area contributed by atoms with Crippen molar-refractivity contribution in [1.82, 2.24) is 5.32 Å². The molecule has 0 spiro atoms. The van der Waals surface area contributed by atoms with Gasteiger partial charge in [-0.15, -0.1) is 0 Å². The average Bonchev–Trinajstić information content (AvgIpc) is 2.23. The van der Waals surface area contributed by atoms with Crippen LogP contribution in [-0.2, 0) is 0 Å². The van der Waals surface area contributed by atoms with E-state index in [-0.39, 0.29) is 18.1 Å². The van der Waals surface area contributed by atoms with E-state index in [4.69, 9.17) is 0 Å². The van der Waals surface area contributed by atoms with Crippen LogP contribution in [0, 0.1) is 0 Å². The molecule has 0 bridgehead atoms. The molecule has 3 nitrogen and oxygen atoms in total. The third-order valence-corrected chi connectivity index (χ3v) is 3.57. The molecule has 4 heteroatoms. The fraction of sp³-hybridized carbons (Fsp3) is 0.417. The van der Waals surface area contributed by atoms with Gasteiger partial charge in [0.05, 0.1) is 12.1 Å². The summed E-state index contributed by atoms with van der Waals surface area (Å²) in [6, 6.07) is 7.25. The zero-order chi connectivity index (χ0) is 11.6. The van der Waals surface area contributed by atoms with E-state index in [2.05, 4.69) is 21.2 Å². The Balaban J connectivity index is 2.08. The molecule has 0 unspecified atom stereocenters. The molecule has 0 atom stereocenters. The van der Waals surface area contributed by atoms with E-state index in [1.807, 2.05) is 12.1 Å². The number of nitrogens with one attached hydrogen (secondary N) is 1. The van der Waals surface area contributed by atoms with Crippen molar-refractivity contribution in [2.45, 2.75) is 24.8 Å². The predicted molar refractivity (Wildman–Crippen MR) is 65.3 cm³/mol. The largest absolute Gasteiger partial charge is 0.394 e. The van der Waals surface area contributed by atoms with E-state index in [0.29, 0.717) is 5.56 Å². The molecule has 1 aromatic rings. The normalized spacial score (nSPS) is 17.6. The highest BCUT2D eigenvalue weighted by molar-refractivity contribution is 9.10. The zero-order valence-corrected chi connectivity index (χ0v) is 10.5. The number of amides is 1. The van der Waals surface area contributed by atoms with Gasteiger partial charge in [-0.25, -0.2) is 0 Å². The Morgan fingerprint density at radius 2 is 2.25 bits per heavy atom. The molecule has 1 fully saturated rings. The van der Waals surface area contributed by atoms with Crippen molar-refractivity contribution in [3.8, 4) is 0 Å². The summed E-state index contributed by atoms with van der Waals surface area (Å²) in [7, 11) is 0. The van der Waals surface area contributed by atoms with Gasteiger partial charge >= 0.3 is 0 Å². The summed E-state index contributed by atoms with van der Waals surface area (Å²) >= 11 is 3.33. The summed E-state index contributed by atoms with van der Waals surface area (Å²) in [6.07, 6.45) is 2.80. The van der Waals surface area contributed by atoms with Crippen LogP contribution < -0.4 is 5.32 Å². The minimum absolute atomic E-state index is 0.0206. The first-order chi connectivity index (χ1) is 7.65. The van der Waals surface area contributed by atoms with Crippen LogP contribution >= 0.6 is 15.9 Å². The first kappa shape index (κ1) is 11.6. The monoisotopic (exact) mass is 283 g/mol. The molecule has 0 aliphatic heterocycles. The summed E-state index contributed by atoms with van der Waals surface area (Å²) in [5.74, 6) is -0.116. The molecular formula is C12H14BrNO2. The van der Waals surface area contributed by atoms with Crippen LogP contribution in [0.1, 0.15) is 29.6 Å². The van der Waals surface area contributed by atoms with Crippen LogP contribution in [0.5, 0.6) is 0 Å². The van der Waals surface area contributed by atoms with Crippen molar-refractivity contribution >= 4 is 21.8 Å². The molecule has 86 valence electrons. The SMILES string of the molecule is O=C(NC1(CO)CCC1)c1cccc(Br)c1. The minimum Gasteiger partial charge on any atom is -0.394 e. The van der Waals surface area contributed by atoms with E-state index < -0.39 is 0 Å².